The van der Waals surface area contributed by atoms with Crippen LogP contribution in [0.5, 0.6) is 0 Å². The highest BCUT2D eigenvalue weighted by atomic mass is 19.4. The number of Topliss-reactive ketones (excluding diaryl/α,β-unsaturated/α-hetero) is 1. The number of ether oxygens (including phenoxy) is 1. The van der Waals surface area contributed by atoms with Crippen LogP contribution in [-0.4, -0.2) is 71.0 Å². The maximum absolute atomic E-state index is 13.5. The van der Waals surface area contributed by atoms with Crippen LogP contribution in [0.3, 0.4) is 0 Å². The number of hydrogen-bond acceptors (Lipinski definition) is 5. The van der Waals surface area contributed by atoms with E-state index in [1.807, 2.05) is 5.32 Å². The van der Waals surface area contributed by atoms with Gasteiger partial charge >= 0.3 is 18.2 Å². The molecule has 1 saturated heterocycles. The molecule has 0 saturated carbocycles. The van der Waals surface area contributed by atoms with Crippen LogP contribution in [0.15, 0.2) is 0 Å². The van der Waals surface area contributed by atoms with Gasteiger partial charge in [-0.15, -0.1) is 0 Å². The molecule has 0 aromatic rings. The number of hydrogen-bond donors (Lipinski definition) is 2. The summed E-state index contributed by atoms with van der Waals surface area (Å²) in [6.07, 6.45) is -6.84. The molecule has 1 rings (SSSR count). The average Bonchev–Trinajstić information content (AvgIpc) is 2.95. The van der Waals surface area contributed by atoms with E-state index in [-0.39, 0.29) is 13.0 Å². The number of nitrogens with zero attached hydrogens (tertiary/aromatic N) is 1. The summed E-state index contributed by atoms with van der Waals surface area (Å²) in [6.45, 7) is 8.49. The van der Waals surface area contributed by atoms with E-state index in [1.54, 1.807) is 20.8 Å². The number of likely N-dealkylation sites (tertiary alicyclic amines) is 1. The minimum atomic E-state index is -6.11. The molecular weight excluding hydrogens is 445 g/mol. The quantitative estimate of drug-likeness (QED) is 0.553. The van der Waals surface area contributed by atoms with Crippen LogP contribution in [0, 0.1) is 5.92 Å². The topological polar surface area (TPSA) is 105 Å². The largest absolute Gasteiger partial charge is 0.461 e. The standard InChI is InChI=1S/C19H28F5N3O5/c1-9(2)12(13(28)18(20,21)19(22,23)24)26-14(29)10(3)27-8-7-11(15(27)30)25-16(31)32-17(4,5)6/h9-12H,7-8H2,1-6H3,(H,25,31)(H,26,29)/t10-,11+,12?/m0/s1. The van der Waals surface area contributed by atoms with E-state index in [0.717, 1.165) is 4.90 Å². The fraction of sp³-hybridized carbons (Fsp3) is 0.789. The van der Waals surface area contributed by atoms with Gasteiger partial charge in [0.05, 0.1) is 6.04 Å². The van der Waals surface area contributed by atoms with Crippen molar-refractivity contribution >= 4 is 23.7 Å². The lowest BCUT2D eigenvalue weighted by molar-refractivity contribution is -0.270. The summed E-state index contributed by atoms with van der Waals surface area (Å²) in [5, 5.41) is 4.26. The summed E-state index contributed by atoms with van der Waals surface area (Å²) < 4.78 is 69.8. The van der Waals surface area contributed by atoms with Crippen molar-refractivity contribution in [2.24, 2.45) is 5.92 Å². The Morgan fingerprint density at radius 1 is 1.06 bits per heavy atom. The van der Waals surface area contributed by atoms with E-state index >= 15 is 0 Å². The van der Waals surface area contributed by atoms with Crippen LogP contribution in [0.2, 0.25) is 0 Å². The summed E-state index contributed by atoms with van der Waals surface area (Å²) in [5.74, 6) is -11.0. The second-order valence-electron chi connectivity index (χ2n) is 8.86. The van der Waals surface area contributed by atoms with Gasteiger partial charge in [0.15, 0.2) is 0 Å². The van der Waals surface area contributed by atoms with Gasteiger partial charge in [-0.2, -0.15) is 22.0 Å². The first kappa shape index (κ1) is 27.6. The first-order chi connectivity index (χ1) is 14.3. The Morgan fingerprint density at radius 3 is 2.03 bits per heavy atom. The Kier molecular flexibility index (Phi) is 8.24. The van der Waals surface area contributed by atoms with Gasteiger partial charge < -0.3 is 20.3 Å². The second-order valence-corrected chi connectivity index (χ2v) is 8.86. The van der Waals surface area contributed by atoms with Crippen LogP contribution >= 0.6 is 0 Å². The molecule has 1 aliphatic heterocycles. The number of carbonyl (C=O) groups excluding carboxylic acids is 4. The van der Waals surface area contributed by atoms with Crippen molar-refractivity contribution in [3.63, 3.8) is 0 Å². The van der Waals surface area contributed by atoms with Gasteiger partial charge in [0, 0.05) is 6.54 Å². The highest BCUT2D eigenvalue weighted by molar-refractivity contribution is 5.97. The summed E-state index contributed by atoms with van der Waals surface area (Å²) >= 11 is 0. The smallest absolute Gasteiger partial charge is 0.444 e. The maximum atomic E-state index is 13.5. The van der Waals surface area contributed by atoms with E-state index in [4.69, 9.17) is 4.74 Å². The molecule has 13 heteroatoms. The normalized spacial score (nSPS) is 19.6. The van der Waals surface area contributed by atoms with Crippen molar-refractivity contribution in [1.82, 2.24) is 15.5 Å². The molecule has 0 spiro atoms. The Morgan fingerprint density at radius 2 is 1.59 bits per heavy atom. The molecule has 3 atom stereocenters. The van der Waals surface area contributed by atoms with Gasteiger partial charge in [0.2, 0.25) is 17.6 Å². The number of ketones is 1. The Balaban J connectivity index is 2.87. The Labute approximate surface area is 182 Å². The number of alkyl carbamates (subject to hydrolysis) is 1. The Bertz CT molecular complexity index is 749. The molecule has 1 aliphatic rings. The van der Waals surface area contributed by atoms with Gasteiger partial charge in [-0.05, 0) is 40.0 Å². The monoisotopic (exact) mass is 473 g/mol. The zero-order chi connectivity index (χ0) is 25.2. The SMILES string of the molecule is CC(C)C(NC(=O)[C@H](C)N1CC[C@@H](NC(=O)OC(C)(C)C)C1=O)C(=O)C(F)(F)C(F)(F)F. The molecule has 1 fully saturated rings. The van der Waals surface area contributed by atoms with Gasteiger partial charge in [0.25, 0.3) is 0 Å². The predicted molar refractivity (Wildman–Crippen MR) is 102 cm³/mol. The highest BCUT2D eigenvalue weighted by Crippen LogP contribution is 2.37. The molecule has 0 aliphatic carbocycles. The lowest BCUT2D eigenvalue weighted by Gasteiger charge is -2.30. The second kappa shape index (κ2) is 9.57. The molecule has 0 radical (unpaired) electrons. The van der Waals surface area contributed by atoms with Gasteiger partial charge in [-0.3, -0.25) is 14.4 Å². The molecular formula is C19H28F5N3O5. The van der Waals surface area contributed by atoms with Crippen molar-refractivity contribution in [3.8, 4) is 0 Å². The van der Waals surface area contributed by atoms with Crippen LogP contribution < -0.4 is 10.6 Å². The number of carbonyl (C=O) groups is 4. The molecule has 32 heavy (non-hydrogen) atoms. The van der Waals surface area contributed by atoms with Gasteiger partial charge in [-0.25, -0.2) is 4.79 Å². The van der Waals surface area contributed by atoms with Gasteiger partial charge in [-0.1, -0.05) is 13.8 Å². The van der Waals surface area contributed by atoms with Crippen molar-refractivity contribution in [1.29, 1.82) is 0 Å². The molecule has 1 heterocycles. The zero-order valence-electron chi connectivity index (χ0n) is 18.6. The van der Waals surface area contributed by atoms with Crippen molar-refractivity contribution in [2.45, 2.75) is 83.8 Å². The number of alkyl halides is 5. The average molecular weight is 473 g/mol. The fourth-order valence-electron chi connectivity index (χ4n) is 2.96. The number of nitrogens with one attached hydrogen (secondary N) is 2. The summed E-state index contributed by atoms with van der Waals surface area (Å²) in [6, 6.07) is -4.42. The molecule has 8 nitrogen and oxygen atoms in total. The van der Waals surface area contributed by atoms with Crippen molar-refractivity contribution in [2.75, 3.05) is 6.54 Å². The molecule has 184 valence electrons. The lowest BCUT2D eigenvalue weighted by Crippen LogP contribution is -2.59. The first-order valence-corrected chi connectivity index (χ1v) is 9.88. The van der Waals surface area contributed by atoms with Crippen LogP contribution in [0.1, 0.15) is 48.0 Å². The maximum Gasteiger partial charge on any atom is 0.461 e. The summed E-state index contributed by atoms with van der Waals surface area (Å²) in [7, 11) is 0. The molecule has 1 unspecified atom stereocenters. The minimum Gasteiger partial charge on any atom is -0.444 e. The third-order valence-corrected chi connectivity index (χ3v) is 4.69. The minimum absolute atomic E-state index is 0.00683. The lowest BCUT2D eigenvalue weighted by atomic mass is 9.95. The molecule has 0 bridgehead atoms. The first-order valence-electron chi connectivity index (χ1n) is 9.88. The molecule has 3 amide bonds. The van der Waals surface area contributed by atoms with Crippen molar-refractivity contribution in [3.05, 3.63) is 0 Å². The highest BCUT2D eigenvalue weighted by Gasteiger charge is 2.64. The van der Waals surface area contributed by atoms with E-state index in [2.05, 4.69) is 5.32 Å². The van der Waals surface area contributed by atoms with Crippen molar-refractivity contribution < 1.29 is 45.9 Å². The van der Waals surface area contributed by atoms with E-state index < -0.39 is 65.4 Å². The third kappa shape index (κ3) is 6.52. The number of rotatable bonds is 7. The van der Waals surface area contributed by atoms with Crippen LogP contribution in [-0.2, 0) is 19.1 Å². The molecule has 2 N–H and O–H groups in total. The summed E-state index contributed by atoms with van der Waals surface area (Å²) in [4.78, 5) is 49.8. The zero-order valence-corrected chi connectivity index (χ0v) is 18.6. The predicted octanol–water partition coefficient (Wildman–Crippen LogP) is 2.41. The number of halogens is 5. The van der Waals surface area contributed by atoms with Crippen LogP contribution in [0.25, 0.3) is 0 Å². The number of amides is 3. The molecule has 0 aromatic heterocycles. The van der Waals surface area contributed by atoms with E-state index in [9.17, 15) is 41.1 Å². The van der Waals surface area contributed by atoms with Crippen LogP contribution in [0.4, 0.5) is 26.7 Å². The fourth-order valence-corrected chi connectivity index (χ4v) is 2.96. The van der Waals surface area contributed by atoms with E-state index in [0.29, 0.717) is 0 Å². The summed E-state index contributed by atoms with van der Waals surface area (Å²) in [5.41, 5.74) is -0.810. The van der Waals surface area contributed by atoms with E-state index in [1.165, 1.54) is 20.8 Å². The molecule has 0 aromatic carbocycles. The third-order valence-electron chi connectivity index (χ3n) is 4.69. The van der Waals surface area contributed by atoms with Gasteiger partial charge in [0.1, 0.15) is 17.7 Å². The Hall–Kier alpha value is -2.47.